The fourth-order valence-corrected chi connectivity index (χ4v) is 1.33. The zero-order valence-electron chi connectivity index (χ0n) is 9.90. The van der Waals surface area contributed by atoms with Crippen LogP contribution in [-0.4, -0.2) is 6.04 Å². The number of unbranched alkanes of at least 4 members (excludes halogenated alkanes) is 1. The normalized spacial score (nSPS) is 13.3. The summed E-state index contributed by atoms with van der Waals surface area (Å²) >= 11 is 0. The van der Waals surface area contributed by atoms with Gasteiger partial charge in [-0.2, -0.15) is 10.2 Å². The molecule has 0 aliphatic heterocycles. The number of hydrogen-bond donors (Lipinski definition) is 0. The maximum Gasteiger partial charge on any atom is 0.0852 e. The van der Waals surface area contributed by atoms with Crippen molar-refractivity contribution in [3.8, 4) is 0 Å². The average molecular weight is 204 g/mol. The van der Waals surface area contributed by atoms with Crippen LogP contribution in [-0.2, 0) is 0 Å². The molecule has 0 aromatic heterocycles. The lowest BCUT2D eigenvalue weighted by Crippen LogP contribution is -1.95. The van der Waals surface area contributed by atoms with Crippen molar-refractivity contribution < 1.29 is 0 Å². The Morgan fingerprint density at radius 3 is 2.47 bits per heavy atom. The van der Waals surface area contributed by atoms with E-state index >= 15 is 0 Å². The highest BCUT2D eigenvalue weighted by Crippen LogP contribution is 2.14. The Morgan fingerprint density at radius 1 is 1.20 bits per heavy atom. The van der Waals surface area contributed by atoms with Crippen molar-refractivity contribution in [3.63, 3.8) is 0 Å². The number of aryl methyl sites for hydroxylation is 1. The summed E-state index contributed by atoms with van der Waals surface area (Å²) < 4.78 is 0. The highest BCUT2D eigenvalue weighted by molar-refractivity contribution is 5.37. The third-order valence-electron chi connectivity index (χ3n) is 2.38. The van der Waals surface area contributed by atoms with Gasteiger partial charge in [-0.15, -0.1) is 0 Å². The predicted molar refractivity (Wildman–Crippen MR) is 64.7 cm³/mol. The van der Waals surface area contributed by atoms with Gasteiger partial charge in [0.1, 0.15) is 0 Å². The van der Waals surface area contributed by atoms with Crippen molar-refractivity contribution in [1.29, 1.82) is 0 Å². The summed E-state index contributed by atoms with van der Waals surface area (Å²) in [6.07, 6.45) is 3.59. The summed E-state index contributed by atoms with van der Waals surface area (Å²) in [7, 11) is 0. The Balaban J connectivity index is 2.46. The van der Waals surface area contributed by atoms with Gasteiger partial charge in [-0.3, -0.25) is 0 Å². The van der Waals surface area contributed by atoms with Crippen molar-refractivity contribution in [2.24, 2.45) is 10.2 Å². The minimum Gasteiger partial charge on any atom is -0.186 e. The summed E-state index contributed by atoms with van der Waals surface area (Å²) in [5.74, 6) is 0. The van der Waals surface area contributed by atoms with E-state index in [2.05, 4.69) is 43.1 Å². The van der Waals surface area contributed by atoms with Gasteiger partial charge in [0.15, 0.2) is 0 Å². The molecule has 2 nitrogen and oxygen atoms in total. The van der Waals surface area contributed by atoms with E-state index in [1.807, 2.05) is 12.1 Å². The molecule has 1 rings (SSSR count). The summed E-state index contributed by atoms with van der Waals surface area (Å²) in [4.78, 5) is 0. The number of hydrogen-bond acceptors (Lipinski definition) is 2. The van der Waals surface area contributed by atoms with Gasteiger partial charge in [-0.25, -0.2) is 0 Å². The SMILES string of the molecule is CCCC[C@H](C)N=Nc1ccc(C)cc1. The minimum atomic E-state index is 0.339. The van der Waals surface area contributed by atoms with Crippen LogP contribution in [0.5, 0.6) is 0 Å². The van der Waals surface area contributed by atoms with E-state index in [1.54, 1.807) is 0 Å². The second kappa shape index (κ2) is 6.33. The van der Waals surface area contributed by atoms with E-state index in [1.165, 1.54) is 18.4 Å². The Kier molecular flexibility index (Phi) is 5.02. The summed E-state index contributed by atoms with van der Waals surface area (Å²) in [6, 6.07) is 8.47. The van der Waals surface area contributed by atoms with Crippen LogP contribution in [0, 0.1) is 6.92 Å². The molecule has 0 radical (unpaired) electrons. The molecule has 82 valence electrons. The van der Waals surface area contributed by atoms with E-state index in [0.29, 0.717) is 6.04 Å². The van der Waals surface area contributed by atoms with Crippen molar-refractivity contribution in [1.82, 2.24) is 0 Å². The molecular weight excluding hydrogens is 184 g/mol. The van der Waals surface area contributed by atoms with E-state index in [-0.39, 0.29) is 0 Å². The first-order valence-electron chi connectivity index (χ1n) is 5.70. The molecule has 0 spiro atoms. The number of rotatable bonds is 5. The van der Waals surface area contributed by atoms with Gasteiger partial charge in [0.05, 0.1) is 11.7 Å². The molecule has 0 saturated carbocycles. The van der Waals surface area contributed by atoms with Gasteiger partial charge >= 0.3 is 0 Å². The first-order valence-corrected chi connectivity index (χ1v) is 5.70. The van der Waals surface area contributed by atoms with Gasteiger partial charge in [0, 0.05) is 0 Å². The Labute approximate surface area is 92.4 Å². The maximum atomic E-state index is 4.29. The van der Waals surface area contributed by atoms with Crippen LogP contribution < -0.4 is 0 Å². The molecule has 1 atom stereocenters. The fraction of sp³-hybridized carbons (Fsp3) is 0.538. The van der Waals surface area contributed by atoms with Crippen molar-refractivity contribution in [2.45, 2.75) is 46.1 Å². The summed E-state index contributed by atoms with van der Waals surface area (Å²) in [6.45, 7) is 6.39. The molecule has 0 N–H and O–H groups in total. The number of benzene rings is 1. The largest absolute Gasteiger partial charge is 0.186 e. The third kappa shape index (κ3) is 4.73. The van der Waals surface area contributed by atoms with Gasteiger partial charge < -0.3 is 0 Å². The van der Waals surface area contributed by atoms with E-state index in [0.717, 1.165) is 12.1 Å². The molecule has 1 aromatic carbocycles. The zero-order chi connectivity index (χ0) is 11.1. The zero-order valence-corrected chi connectivity index (χ0v) is 9.90. The molecule has 0 bridgehead atoms. The second-order valence-corrected chi connectivity index (χ2v) is 4.04. The molecule has 0 unspecified atom stereocenters. The van der Waals surface area contributed by atoms with E-state index < -0.39 is 0 Å². The van der Waals surface area contributed by atoms with Gasteiger partial charge in [0.2, 0.25) is 0 Å². The maximum absolute atomic E-state index is 4.29. The van der Waals surface area contributed by atoms with Crippen LogP contribution in [0.25, 0.3) is 0 Å². The molecule has 0 heterocycles. The summed E-state index contributed by atoms with van der Waals surface area (Å²) in [5, 5.41) is 8.51. The molecule has 0 saturated heterocycles. The minimum absolute atomic E-state index is 0.339. The van der Waals surface area contributed by atoms with Crippen molar-refractivity contribution in [3.05, 3.63) is 29.8 Å². The average Bonchev–Trinajstić information content (AvgIpc) is 2.25. The van der Waals surface area contributed by atoms with Crippen molar-refractivity contribution in [2.75, 3.05) is 0 Å². The summed E-state index contributed by atoms with van der Waals surface area (Å²) in [5.41, 5.74) is 2.21. The quantitative estimate of drug-likeness (QED) is 0.623. The van der Waals surface area contributed by atoms with Crippen LogP contribution in [0.2, 0.25) is 0 Å². The monoisotopic (exact) mass is 204 g/mol. The Bertz CT molecular complexity index is 301. The highest BCUT2D eigenvalue weighted by Gasteiger charge is 1.97. The first-order chi connectivity index (χ1) is 7.22. The van der Waals surface area contributed by atoms with Crippen LogP contribution in [0.3, 0.4) is 0 Å². The lowest BCUT2D eigenvalue weighted by atomic mass is 10.2. The molecule has 15 heavy (non-hydrogen) atoms. The lowest BCUT2D eigenvalue weighted by molar-refractivity contribution is 0.597. The van der Waals surface area contributed by atoms with E-state index in [4.69, 9.17) is 0 Å². The molecule has 1 aromatic rings. The Hall–Kier alpha value is -1.18. The Morgan fingerprint density at radius 2 is 1.87 bits per heavy atom. The van der Waals surface area contributed by atoms with Gasteiger partial charge in [0.25, 0.3) is 0 Å². The third-order valence-corrected chi connectivity index (χ3v) is 2.38. The smallest absolute Gasteiger partial charge is 0.0852 e. The van der Waals surface area contributed by atoms with Crippen molar-refractivity contribution >= 4 is 5.69 Å². The lowest BCUT2D eigenvalue weighted by Gasteiger charge is -2.02. The second-order valence-electron chi connectivity index (χ2n) is 4.04. The topological polar surface area (TPSA) is 24.7 Å². The van der Waals surface area contributed by atoms with Gasteiger partial charge in [-0.05, 0) is 32.4 Å². The van der Waals surface area contributed by atoms with E-state index in [9.17, 15) is 0 Å². The molecule has 2 heteroatoms. The van der Waals surface area contributed by atoms with Crippen LogP contribution in [0.15, 0.2) is 34.5 Å². The number of nitrogens with zero attached hydrogens (tertiary/aromatic N) is 2. The predicted octanol–water partition coefficient (Wildman–Crippen LogP) is 4.66. The highest BCUT2D eigenvalue weighted by atomic mass is 15.1. The number of azo groups is 1. The van der Waals surface area contributed by atoms with Crippen LogP contribution >= 0.6 is 0 Å². The fourth-order valence-electron chi connectivity index (χ4n) is 1.33. The first kappa shape index (κ1) is 11.9. The van der Waals surface area contributed by atoms with Crippen LogP contribution in [0.1, 0.15) is 38.7 Å². The standard InChI is InChI=1S/C13H20N2/c1-4-5-6-12(3)14-15-13-9-7-11(2)8-10-13/h7-10,12H,4-6H2,1-3H3/t12-/m0/s1. The molecule has 0 fully saturated rings. The van der Waals surface area contributed by atoms with Crippen LogP contribution in [0.4, 0.5) is 5.69 Å². The molecule has 0 amide bonds. The molecule has 0 aliphatic rings. The molecule has 0 aliphatic carbocycles. The van der Waals surface area contributed by atoms with Gasteiger partial charge in [-0.1, -0.05) is 37.5 Å². The molecular formula is C13H20N2.